The topological polar surface area (TPSA) is 110 Å². The molecule has 0 saturated carbocycles. The quantitative estimate of drug-likeness (QED) is 0.391. The molecule has 0 bridgehead atoms. The third-order valence-electron chi connectivity index (χ3n) is 4.58. The second kappa shape index (κ2) is 10.2. The monoisotopic (exact) mass is 421 g/mol. The second-order valence-electron chi connectivity index (χ2n) is 6.67. The summed E-state index contributed by atoms with van der Waals surface area (Å²) in [6.07, 6.45) is 5.82. The molecular formula is C19H23N3O6S. The number of rotatable bonds is 6. The van der Waals surface area contributed by atoms with Crippen LogP contribution in [0, 0.1) is 0 Å². The van der Waals surface area contributed by atoms with Crippen molar-refractivity contribution in [2.24, 2.45) is 0 Å². The molecule has 10 heteroatoms. The van der Waals surface area contributed by atoms with Gasteiger partial charge in [0, 0.05) is 25.8 Å². The third-order valence-corrected chi connectivity index (χ3v) is 4.91. The van der Waals surface area contributed by atoms with Crippen LogP contribution in [0.2, 0.25) is 0 Å². The number of ether oxygens (including phenoxy) is 2. The van der Waals surface area contributed by atoms with Gasteiger partial charge in [-0.05, 0) is 43.3 Å². The van der Waals surface area contributed by atoms with Crippen LogP contribution in [0.5, 0.6) is 0 Å². The Morgan fingerprint density at radius 3 is 3.03 bits per heavy atom. The van der Waals surface area contributed by atoms with E-state index in [1.165, 1.54) is 23.3 Å². The van der Waals surface area contributed by atoms with E-state index in [0.29, 0.717) is 25.5 Å². The largest absolute Gasteiger partial charge is 0.465 e. The molecular weight excluding hydrogens is 398 g/mol. The first-order valence-electron chi connectivity index (χ1n) is 9.41. The number of piperazine rings is 1. The van der Waals surface area contributed by atoms with Crippen molar-refractivity contribution in [3.05, 3.63) is 30.2 Å². The highest BCUT2D eigenvalue weighted by molar-refractivity contribution is 7.80. The molecule has 2 N–H and O–H groups in total. The van der Waals surface area contributed by atoms with Crippen LogP contribution in [0.4, 0.5) is 0 Å². The molecule has 2 fully saturated rings. The highest BCUT2D eigenvalue weighted by Crippen LogP contribution is 2.14. The molecule has 0 spiro atoms. The lowest BCUT2D eigenvalue weighted by Gasteiger charge is -2.36. The maximum atomic E-state index is 12.3. The average Bonchev–Trinajstić information content (AvgIpc) is 3.40. The summed E-state index contributed by atoms with van der Waals surface area (Å²) in [6, 6.07) is 2.56. The molecule has 156 valence electrons. The van der Waals surface area contributed by atoms with Crippen molar-refractivity contribution >= 4 is 41.2 Å². The summed E-state index contributed by atoms with van der Waals surface area (Å²) in [7, 11) is 0. The summed E-state index contributed by atoms with van der Waals surface area (Å²) in [5.74, 6) is -0.792. The Balaban J connectivity index is 1.53. The normalized spacial score (nSPS) is 21.8. The molecule has 0 radical (unpaired) electrons. The predicted octanol–water partition coefficient (Wildman–Crippen LogP) is 0.607. The van der Waals surface area contributed by atoms with Gasteiger partial charge in [-0.1, -0.05) is 0 Å². The highest BCUT2D eigenvalue weighted by atomic mass is 32.1. The van der Waals surface area contributed by atoms with E-state index in [1.807, 2.05) is 0 Å². The standard InChI is InChI=1S/C19H23N3O6S/c23-16(6-5-13-3-1-9-26-13)21-19(29)22-8-7-20-18(25)15(22)11-17(24)28-12-14-4-2-10-27-14/h1,3,5-6,9,14-15H,2,4,7-8,10-12H2,(H,20,25)(H,21,23,29)/b6-5+/t14-,15-/m1/s1. The fourth-order valence-electron chi connectivity index (χ4n) is 3.10. The molecule has 3 heterocycles. The summed E-state index contributed by atoms with van der Waals surface area (Å²) in [5.41, 5.74) is 0. The van der Waals surface area contributed by atoms with Crippen molar-refractivity contribution in [2.75, 3.05) is 26.3 Å². The van der Waals surface area contributed by atoms with Gasteiger partial charge in [-0.2, -0.15) is 0 Å². The zero-order valence-electron chi connectivity index (χ0n) is 15.8. The fraction of sp³-hybridized carbons (Fsp3) is 0.474. The summed E-state index contributed by atoms with van der Waals surface area (Å²) in [5, 5.41) is 5.33. The molecule has 0 unspecified atom stereocenters. The van der Waals surface area contributed by atoms with Crippen molar-refractivity contribution in [3.8, 4) is 0 Å². The Bertz CT molecular complexity index is 773. The summed E-state index contributed by atoms with van der Waals surface area (Å²) >= 11 is 5.28. The lowest BCUT2D eigenvalue weighted by molar-refractivity contribution is -0.150. The molecule has 2 saturated heterocycles. The Labute approximate surface area is 173 Å². The van der Waals surface area contributed by atoms with E-state index >= 15 is 0 Å². The molecule has 2 aliphatic heterocycles. The number of hydrogen-bond donors (Lipinski definition) is 2. The van der Waals surface area contributed by atoms with Crippen LogP contribution < -0.4 is 10.6 Å². The van der Waals surface area contributed by atoms with Crippen LogP contribution in [0.3, 0.4) is 0 Å². The van der Waals surface area contributed by atoms with Gasteiger partial charge in [-0.3, -0.25) is 19.7 Å². The maximum Gasteiger partial charge on any atom is 0.308 e. The number of amides is 2. The molecule has 3 rings (SSSR count). The first-order valence-corrected chi connectivity index (χ1v) is 9.82. The molecule has 2 atom stereocenters. The zero-order chi connectivity index (χ0) is 20.6. The van der Waals surface area contributed by atoms with Gasteiger partial charge >= 0.3 is 5.97 Å². The molecule has 1 aromatic heterocycles. The number of carbonyl (C=O) groups excluding carboxylic acids is 3. The first-order chi connectivity index (χ1) is 14.0. The number of carbonyl (C=O) groups is 3. The Morgan fingerprint density at radius 2 is 2.31 bits per heavy atom. The number of nitrogens with one attached hydrogen (secondary N) is 2. The van der Waals surface area contributed by atoms with Gasteiger partial charge in [0.1, 0.15) is 18.4 Å². The number of thiocarbonyl (C=S) groups is 1. The van der Waals surface area contributed by atoms with Crippen LogP contribution in [-0.4, -0.2) is 66.2 Å². The fourth-order valence-corrected chi connectivity index (χ4v) is 3.42. The summed E-state index contributed by atoms with van der Waals surface area (Å²) < 4.78 is 15.8. The Hall–Kier alpha value is -2.72. The molecule has 0 aromatic carbocycles. The van der Waals surface area contributed by atoms with Crippen molar-refractivity contribution in [2.45, 2.75) is 31.4 Å². The molecule has 0 aliphatic carbocycles. The SMILES string of the molecule is O=C(/C=C/c1ccco1)NC(=S)N1CCNC(=O)[C@H]1CC(=O)OC[C@H]1CCCO1. The van der Waals surface area contributed by atoms with Crippen LogP contribution in [-0.2, 0) is 23.9 Å². The van der Waals surface area contributed by atoms with Gasteiger partial charge < -0.3 is 24.1 Å². The van der Waals surface area contributed by atoms with E-state index in [-0.39, 0.29) is 30.2 Å². The van der Waals surface area contributed by atoms with Gasteiger partial charge in [0.2, 0.25) is 11.8 Å². The Kier molecular flexibility index (Phi) is 7.36. The minimum atomic E-state index is -0.845. The summed E-state index contributed by atoms with van der Waals surface area (Å²) in [4.78, 5) is 38.1. The minimum Gasteiger partial charge on any atom is -0.465 e. The number of furan rings is 1. The van der Waals surface area contributed by atoms with Crippen molar-refractivity contribution < 1.29 is 28.3 Å². The second-order valence-corrected chi connectivity index (χ2v) is 7.05. The average molecular weight is 421 g/mol. The Morgan fingerprint density at radius 1 is 1.45 bits per heavy atom. The smallest absolute Gasteiger partial charge is 0.308 e. The number of hydrogen-bond acceptors (Lipinski definition) is 7. The molecule has 2 amide bonds. The van der Waals surface area contributed by atoms with Gasteiger partial charge in [-0.15, -0.1) is 0 Å². The minimum absolute atomic E-state index is 0.0749. The van der Waals surface area contributed by atoms with Crippen molar-refractivity contribution in [3.63, 3.8) is 0 Å². The van der Waals surface area contributed by atoms with E-state index in [0.717, 1.165) is 12.8 Å². The first kappa shape index (κ1) is 21.0. The van der Waals surface area contributed by atoms with Crippen molar-refractivity contribution in [1.82, 2.24) is 15.5 Å². The van der Waals surface area contributed by atoms with Gasteiger partial charge in [-0.25, -0.2) is 0 Å². The van der Waals surface area contributed by atoms with Crippen LogP contribution >= 0.6 is 12.2 Å². The summed E-state index contributed by atoms with van der Waals surface area (Å²) in [6.45, 7) is 1.57. The van der Waals surface area contributed by atoms with Gasteiger partial charge in [0.25, 0.3) is 0 Å². The zero-order valence-corrected chi connectivity index (χ0v) is 16.6. The van der Waals surface area contributed by atoms with Gasteiger partial charge in [0.05, 0.1) is 18.8 Å². The van der Waals surface area contributed by atoms with E-state index in [9.17, 15) is 14.4 Å². The number of esters is 1. The van der Waals surface area contributed by atoms with E-state index in [4.69, 9.17) is 26.1 Å². The molecule has 1 aromatic rings. The van der Waals surface area contributed by atoms with E-state index in [1.54, 1.807) is 12.1 Å². The van der Waals surface area contributed by atoms with E-state index in [2.05, 4.69) is 10.6 Å². The van der Waals surface area contributed by atoms with Crippen LogP contribution in [0.1, 0.15) is 25.0 Å². The molecule has 2 aliphatic rings. The van der Waals surface area contributed by atoms with Gasteiger partial charge in [0.15, 0.2) is 5.11 Å². The lowest BCUT2D eigenvalue weighted by atomic mass is 10.1. The third kappa shape index (κ3) is 6.13. The van der Waals surface area contributed by atoms with Crippen LogP contribution in [0.15, 0.2) is 28.9 Å². The van der Waals surface area contributed by atoms with Crippen molar-refractivity contribution in [1.29, 1.82) is 0 Å². The predicted molar refractivity (Wildman–Crippen MR) is 107 cm³/mol. The lowest BCUT2D eigenvalue weighted by Crippen LogP contribution is -2.60. The molecule has 9 nitrogen and oxygen atoms in total. The molecule has 29 heavy (non-hydrogen) atoms. The van der Waals surface area contributed by atoms with E-state index < -0.39 is 17.9 Å². The van der Waals surface area contributed by atoms with Crippen LogP contribution in [0.25, 0.3) is 6.08 Å². The maximum absolute atomic E-state index is 12.3. The number of nitrogens with zero attached hydrogens (tertiary/aromatic N) is 1. The highest BCUT2D eigenvalue weighted by Gasteiger charge is 2.34.